The average Bonchev–Trinajstić information content (AvgIpc) is 3.01. The van der Waals surface area contributed by atoms with Crippen molar-refractivity contribution in [2.75, 3.05) is 0 Å². The lowest BCUT2D eigenvalue weighted by Crippen LogP contribution is -2.62. The summed E-state index contributed by atoms with van der Waals surface area (Å²) in [5.41, 5.74) is -3.12. The van der Waals surface area contributed by atoms with E-state index in [1.165, 1.54) is 31.6 Å². The van der Waals surface area contributed by atoms with Crippen molar-refractivity contribution in [1.82, 2.24) is 0 Å². The lowest BCUT2D eigenvalue weighted by atomic mass is 9.38. The molecule has 4 N–H and O–H groups in total. The predicted octanol–water partition coefficient (Wildman–Crippen LogP) is 4.11. The van der Waals surface area contributed by atoms with Gasteiger partial charge in [-0.15, -0.1) is 0 Å². The van der Waals surface area contributed by atoms with Crippen molar-refractivity contribution in [2.45, 2.75) is 124 Å². The van der Waals surface area contributed by atoms with Crippen LogP contribution in [0.5, 0.6) is 0 Å². The van der Waals surface area contributed by atoms with Crippen molar-refractivity contribution in [1.29, 1.82) is 0 Å². The Morgan fingerprint density at radius 2 is 1.62 bits per heavy atom. The van der Waals surface area contributed by atoms with Crippen LogP contribution in [0.15, 0.2) is 23.8 Å². The van der Waals surface area contributed by atoms with Gasteiger partial charge in [0.25, 0.3) is 0 Å². The number of ketones is 1. The van der Waals surface area contributed by atoms with E-state index >= 15 is 0 Å². The molecule has 39 heavy (non-hydrogen) atoms. The number of ether oxygens (including phenoxy) is 1. The van der Waals surface area contributed by atoms with Crippen molar-refractivity contribution in [3.05, 3.63) is 23.8 Å². The third-order valence-corrected chi connectivity index (χ3v) is 12.0. The third-order valence-electron chi connectivity index (χ3n) is 12.0. The summed E-state index contributed by atoms with van der Waals surface area (Å²) in [7, 11) is 0. The zero-order valence-corrected chi connectivity index (χ0v) is 25.2. The Hall–Kier alpha value is -1.54. The highest BCUT2D eigenvalue weighted by molar-refractivity contribution is 5.97. The molecule has 4 aliphatic rings. The maximum atomic E-state index is 13.5. The number of rotatable bonds is 5. The summed E-state index contributed by atoms with van der Waals surface area (Å²) in [4.78, 5) is 24.9. The van der Waals surface area contributed by atoms with E-state index in [4.69, 9.17) is 4.74 Å². The topological polar surface area (TPSA) is 124 Å². The van der Waals surface area contributed by atoms with Gasteiger partial charge in [0.2, 0.25) is 0 Å². The molecule has 3 fully saturated rings. The number of carbonyl (C=O) groups excluding carboxylic acids is 2. The molecule has 0 aromatic heterocycles. The van der Waals surface area contributed by atoms with Gasteiger partial charge in [-0.25, -0.2) is 0 Å². The molecule has 7 heteroatoms. The molecule has 0 saturated heterocycles. The first-order chi connectivity index (χ1) is 17.6. The minimum Gasteiger partial charge on any atom is -0.456 e. The van der Waals surface area contributed by atoms with Crippen LogP contribution in [-0.4, -0.2) is 61.7 Å². The van der Waals surface area contributed by atoms with Crippen LogP contribution in [0.25, 0.3) is 0 Å². The molecule has 4 aliphatic carbocycles. The van der Waals surface area contributed by atoms with Gasteiger partial charge in [0.1, 0.15) is 11.2 Å². The molecule has 0 bridgehead atoms. The smallest absolute Gasteiger partial charge is 0.303 e. The van der Waals surface area contributed by atoms with Crippen LogP contribution >= 0.6 is 0 Å². The normalized spacial score (nSPS) is 45.0. The number of carbonyl (C=O) groups is 2. The Morgan fingerprint density at radius 3 is 2.21 bits per heavy atom. The molecule has 4 rings (SSSR count). The fourth-order valence-electron chi connectivity index (χ4n) is 9.79. The molecule has 3 saturated carbocycles. The standard InChI is InChI=1S/C32H50O7/c1-18(33)39-27(2,3)13-12-24(36)32(9,38)25-22(35)17-31(8)23-11-10-19-20(16-21(34)26(37)28(19,4)5)29(23,6)14-15-30(25,31)7/h10,12-13,20-23,25-26,34-35,37-38H,11,14-17H2,1-9H3/b13-12+/t20-,21-,22+,23+,25-,26-,29-,30+,31-,32-/m0/s1. The summed E-state index contributed by atoms with van der Waals surface area (Å²) in [6, 6.07) is 0. The number of fused-ring (bicyclic) bond motifs is 5. The Labute approximate surface area is 233 Å². The Kier molecular flexibility index (Phi) is 7.20. The zero-order valence-electron chi connectivity index (χ0n) is 25.2. The second kappa shape index (κ2) is 9.23. The summed E-state index contributed by atoms with van der Waals surface area (Å²) >= 11 is 0. The molecule has 0 spiro atoms. The van der Waals surface area contributed by atoms with E-state index in [1.807, 2.05) is 13.8 Å². The van der Waals surface area contributed by atoms with Crippen molar-refractivity contribution in [3.63, 3.8) is 0 Å². The van der Waals surface area contributed by atoms with E-state index in [0.29, 0.717) is 12.8 Å². The molecular weight excluding hydrogens is 496 g/mol. The first kappa shape index (κ1) is 30.4. The summed E-state index contributed by atoms with van der Waals surface area (Å²) in [6.45, 7) is 16.9. The number of esters is 1. The van der Waals surface area contributed by atoms with Crippen LogP contribution in [0.2, 0.25) is 0 Å². The van der Waals surface area contributed by atoms with Crippen molar-refractivity contribution < 1.29 is 34.8 Å². The highest BCUT2D eigenvalue weighted by Gasteiger charge is 2.72. The van der Waals surface area contributed by atoms with Gasteiger partial charge < -0.3 is 25.2 Å². The van der Waals surface area contributed by atoms with Crippen LogP contribution < -0.4 is 0 Å². The molecular formula is C32H50O7. The van der Waals surface area contributed by atoms with E-state index in [1.54, 1.807) is 13.8 Å². The average molecular weight is 547 g/mol. The molecule has 7 nitrogen and oxygen atoms in total. The number of hydrogen-bond donors (Lipinski definition) is 4. The molecule has 0 unspecified atom stereocenters. The fourth-order valence-corrected chi connectivity index (χ4v) is 9.79. The maximum Gasteiger partial charge on any atom is 0.303 e. The van der Waals surface area contributed by atoms with Gasteiger partial charge in [-0.1, -0.05) is 46.3 Å². The second-order valence-corrected chi connectivity index (χ2v) is 15.1. The van der Waals surface area contributed by atoms with Gasteiger partial charge >= 0.3 is 5.97 Å². The van der Waals surface area contributed by atoms with E-state index < -0.39 is 58.0 Å². The number of aliphatic hydroxyl groups excluding tert-OH is 3. The van der Waals surface area contributed by atoms with Crippen LogP contribution in [0, 0.1) is 39.4 Å². The van der Waals surface area contributed by atoms with Crippen molar-refractivity contribution in [2.24, 2.45) is 39.4 Å². The summed E-state index contributed by atoms with van der Waals surface area (Å²) in [5, 5.41) is 45.0. The Morgan fingerprint density at radius 1 is 1.00 bits per heavy atom. The van der Waals surface area contributed by atoms with Crippen LogP contribution in [-0.2, 0) is 14.3 Å². The molecule has 0 amide bonds. The van der Waals surface area contributed by atoms with E-state index in [0.717, 1.165) is 19.3 Å². The molecule has 0 radical (unpaired) electrons. The summed E-state index contributed by atoms with van der Waals surface area (Å²) < 4.78 is 5.26. The quantitative estimate of drug-likeness (QED) is 0.232. The first-order valence-electron chi connectivity index (χ1n) is 14.6. The van der Waals surface area contributed by atoms with E-state index in [9.17, 15) is 30.0 Å². The van der Waals surface area contributed by atoms with Crippen molar-refractivity contribution in [3.8, 4) is 0 Å². The highest BCUT2D eigenvalue weighted by atomic mass is 16.6. The van der Waals surface area contributed by atoms with Crippen LogP contribution in [0.4, 0.5) is 0 Å². The Bertz CT molecular complexity index is 1090. The zero-order chi connectivity index (χ0) is 29.6. The molecule has 10 atom stereocenters. The lowest BCUT2D eigenvalue weighted by molar-refractivity contribution is -0.180. The second-order valence-electron chi connectivity index (χ2n) is 15.1. The molecule has 220 valence electrons. The SMILES string of the molecule is CC(=O)OC(C)(C)/C=C/C(=O)[C@](C)(O)[C@H]1[C@H](O)C[C@@]2(C)[C@@H]3CC=C4[C@H](C[C@H](O)[C@H](O)C4(C)C)[C@]3(C)CC[C@]12C. The van der Waals surface area contributed by atoms with E-state index in [-0.39, 0.29) is 22.7 Å². The molecule has 0 aromatic carbocycles. The van der Waals surface area contributed by atoms with Gasteiger partial charge in [0.05, 0.1) is 18.3 Å². The van der Waals surface area contributed by atoms with Gasteiger partial charge in [0, 0.05) is 18.3 Å². The lowest BCUT2D eigenvalue weighted by Gasteiger charge is -2.66. The molecule has 0 heterocycles. The fraction of sp³-hybridized carbons (Fsp3) is 0.812. The van der Waals surface area contributed by atoms with Gasteiger partial charge in [-0.05, 0) is 93.1 Å². The third kappa shape index (κ3) is 4.38. The minimum atomic E-state index is -1.81. The predicted molar refractivity (Wildman–Crippen MR) is 148 cm³/mol. The summed E-state index contributed by atoms with van der Waals surface area (Å²) in [6.07, 6.45) is 5.95. The highest BCUT2D eigenvalue weighted by Crippen LogP contribution is 2.75. The minimum absolute atomic E-state index is 0.121. The van der Waals surface area contributed by atoms with Crippen LogP contribution in [0.1, 0.15) is 94.4 Å². The summed E-state index contributed by atoms with van der Waals surface area (Å²) in [5.74, 6) is -1.34. The number of hydrogen-bond acceptors (Lipinski definition) is 7. The maximum absolute atomic E-state index is 13.5. The monoisotopic (exact) mass is 546 g/mol. The Balaban J connectivity index is 1.69. The first-order valence-corrected chi connectivity index (χ1v) is 14.6. The van der Waals surface area contributed by atoms with Gasteiger partial charge in [0.15, 0.2) is 5.78 Å². The molecule has 0 aliphatic heterocycles. The van der Waals surface area contributed by atoms with Gasteiger partial charge in [-0.3, -0.25) is 9.59 Å². The largest absolute Gasteiger partial charge is 0.456 e. The van der Waals surface area contributed by atoms with Crippen molar-refractivity contribution >= 4 is 11.8 Å². The van der Waals surface area contributed by atoms with Crippen LogP contribution in [0.3, 0.4) is 0 Å². The molecule has 0 aromatic rings. The van der Waals surface area contributed by atoms with E-state index in [2.05, 4.69) is 26.8 Å². The number of aliphatic hydroxyl groups is 4. The number of allylic oxidation sites excluding steroid dienone is 1. The van der Waals surface area contributed by atoms with Gasteiger partial charge in [-0.2, -0.15) is 0 Å².